The van der Waals surface area contributed by atoms with Crippen molar-refractivity contribution in [3.8, 4) is 0 Å². The first-order valence-electron chi connectivity index (χ1n) is 7.04. The molecule has 0 aliphatic rings. The lowest BCUT2D eigenvalue weighted by Gasteiger charge is -2.20. The third-order valence-corrected chi connectivity index (χ3v) is 2.84. The van der Waals surface area contributed by atoms with Crippen LogP contribution in [0.4, 0.5) is 5.69 Å². The zero-order valence-electron chi connectivity index (χ0n) is 12.5. The summed E-state index contributed by atoms with van der Waals surface area (Å²) in [5.41, 5.74) is 2.15. The maximum atomic E-state index is 11.7. The summed E-state index contributed by atoms with van der Waals surface area (Å²) in [6.07, 6.45) is 3.52. The second-order valence-corrected chi connectivity index (χ2v) is 5.95. The minimum absolute atomic E-state index is 0.00349. The number of aryl methyl sites for hydroxylation is 1. The van der Waals surface area contributed by atoms with Gasteiger partial charge in [-0.1, -0.05) is 25.5 Å². The van der Waals surface area contributed by atoms with Gasteiger partial charge in [-0.2, -0.15) is 0 Å². The van der Waals surface area contributed by atoms with Gasteiger partial charge in [0.05, 0.1) is 6.54 Å². The molecule has 1 aromatic carbocycles. The summed E-state index contributed by atoms with van der Waals surface area (Å²) < 4.78 is 0. The van der Waals surface area contributed by atoms with Crippen molar-refractivity contribution in [1.82, 2.24) is 5.32 Å². The van der Waals surface area contributed by atoms with Gasteiger partial charge in [0.1, 0.15) is 0 Å². The van der Waals surface area contributed by atoms with Gasteiger partial charge >= 0.3 is 0 Å². The molecule has 0 fully saturated rings. The summed E-state index contributed by atoms with van der Waals surface area (Å²) in [7, 11) is 0. The van der Waals surface area contributed by atoms with Crippen molar-refractivity contribution in [2.24, 2.45) is 0 Å². The molecular formula is C16H26N2O. The smallest absolute Gasteiger partial charge is 0.238 e. The Balaban J connectivity index is 2.42. The van der Waals surface area contributed by atoms with Crippen LogP contribution >= 0.6 is 0 Å². The van der Waals surface area contributed by atoms with Crippen molar-refractivity contribution >= 4 is 11.6 Å². The predicted octanol–water partition coefficient (Wildman–Crippen LogP) is 3.36. The molecule has 0 unspecified atom stereocenters. The number of carbonyl (C=O) groups excluding carboxylic acids is 1. The predicted molar refractivity (Wildman–Crippen MR) is 81.4 cm³/mol. The molecule has 19 heavy (non-hydrogen) atoms. The number of nitrogens with one attached hydrogen (secondary N) is 2. The lowest BCUT2D eigenvalue weighted by atomic mass is 10.1. The highest BCUT2D eigenvalue weighted by Crippen LogP contribution is 2.11. The van der Waals surface area contributed by atoms with Crippen LogP contribution in [0.25, 0.3) is 0 Å². The van der Waals surface area contributed by atoms with Crippen molar-refractivity contribution in [1.29, 1.82) is 0 Å². The van der Waals surface area contributed by atoms with Gasteiger partial charge in [0.25, 0.3) is 0 Å². The Bertz CT molecular complexity index is 390. The molecule has 0 aliphatic carbocycles. The van der Waals surface area contributed by atoms with E-state index in [1.807, 2.05) is 32.9 Å². The van der Waals surface area contributed by atoms with Crippen LogP contribution < -0.4 is 10.6 Å². The van der Waals surface area contributed by atoms with Crippen molar-refractivity contribution in [3.63, 3.8) is 0 Å². The fourth-order valence-electron chi connectivity index (χ4n) is 1.69. The first-order valence-corrected chi connectivity index (χ1v) is 7.04. The maximum Gasteiger partial charge on any atom is 0.238 e. The van der Waals surface area contributed by atoms with Gasteiger partial charge in [0, 0.05) is 11.2 Å². The van der Waals surface area contributed by atoms with Gasteiger partial charge in [-0.05, 0) is 51.3 Å². The van der Waals surface area contributed by atoms with E-state index in [4.69, 9.17) is 0 Å². The fourth-order valence-corrected chi connectivity index (χ4v) is 1.69. The molecule has 0 aromatic heterocycles. The van der Waals surface area contributed by atoms with E-state index in [2.05, 4.69) is 29.7 Å². The highest BCUT2D eigenvalue weighted by Gasteiger charge is 2.11. The summed E-state index contributed by atoms with van der Waals surface area (Å²) in [4.78, 5) is 11.7. The number of rotatable bonds is 6. The van der Waals surface area contributed by atoms with E-state index < -0.39 is 0 Å². The van der Waals surface area contributed by atoms with Crippen LogP contribution in [0.15, 0.2) is 24.3 Å². The molecule has 3 heteroatoms. The molecule has 0 spiro atoms. The summed E-state index contributed by atoms with van der Waals surface area (Å²) in [5.74, 6) is -0.00349. The van der Waals surface area contributed by atoms with Gasteiger partial charge in [-0.25, -0.2) is 0 Å². The zero-order valence-corrected chi connectivity index (χ0v) is 12.5. The van der Waals surface area contributed by atoms with Crippen LogP contribution in [0.5, 0.6) is 0 Å². The lowest BCUT2D eigenvalue weighted by molar-refractivity contribution is -0.115. The first kappa shape index (κ1) is 15.7. The Morgan fingerprint density at radius 3 is 2.32 bits per heavy atom. The number of hydrogen-bond acceptors (Lipinski definition) is 2. The number of anilines is 1. The number of amides is 1. The van der Waals surface area contributed by atoms with Gasteiger partial charge in [-0.15, -0.1) is 0 Å². The maximum absolute atomic E-state index is 11.7. The van der Waals surface area contributed by atoms with Crippen LogP contribution in [0, 0.1) is 0 Å². The largest absolute Gasteiger partial charge is 0.325 e. The summed E-state index contributed by atoms with van der Waals surface area (Å²) in [5, 5.41) is 6.07. The first-order chi connectivity index (χ1) is 8.90. The van der Waals surface area contributed by atoms with Crippen LogP contribution in [-0.2, 0) is 11.2 Å². The summed E-state index contributed by atoms with van der Waals surface area (Å²) in [6.45, 7) is 8.66. The van der Waals surface area contributed by atoms with E-state index in [0.717, 1.165) is 12.1 Å². The minimum Gasteiger partial charge on any atom is -0.325 e. The van der Waals surface area contributed by atoms with Crippen LogP contribution in [-0.4, -0.2) is 18.0 Å². The van der Waals surface area contributed by atoms with E-state index in [1.54, 1.807) is 0 Å². The number of hydrogen-bond donors (Lipinski definition) is 2. The summed E-state index contributed by atoms with van der Waals surface area (Å²) >= 11 is 0. The molecule has 1 aromatic rings. The molecule has 0 atom stereocenters. The van der Waals surface area contributed by atoms with Gasteiger partial charge in [-0.3, -0.25) is 4.79 Å². The molecule has 0 saturated carbocycles. The molecule has 3 nitrogen and oxygen atoms in total. The molecule has 0 bridgehead atoms. The molecule has 1 rings (SSSR count). The minimum atomic E-state index is -0.0403. The molecule has 0 aliphatic heterocycles. The Kier molecular flexibility index (Phi) is 6.03. The fraction of sp³-hybridized carbons (Fsp3) is 0.562. The highest BCUT2D eigenvalue weighted by atomic mass is 16.1. The zero-order chi connectivity index (χ0) is 14.3. The van der Waals surface area contributed by atoms with E-state index in [9.17, 15) is 4.79 Å². The van der Waals surface area contributed by atoms with Crippen molar-refractivity contribution in [3.05, 3.63) is 29.8 Å². The second-order valence-electron chi connectivity index (χ2n) is 5.95. The Labute approximate surface area is 116 Å². The Morgan fingerprint density at radius 2 is 1.79 bits per heavy atom. The number of carbonyl (C=O) groups is 1. The molecule has 0 radical (unpaired) electrons. The summed E-state index contributed by atoms with van der Waals surface area (Å²) in [6, 6.07) is 8.12. The highest BCUT2D eigenvalue weighted by molar-refractivity contribution is 5.92. The van der Waals surface area contributed by atoms with Crippen LogP contribution in [0.3, 0.4) is 0 Å². The van der Waals surface area contributed by atoms with Crippen LogP contribution in [0.2, 0.25) is 0 Å². The number of benzene rings is 1. The van der Waals surface area contributed by atoms with Gasteiger partial charge in [0.2, 0.25) is 5.91 Å². The number of unbranched alkanes of at least 4 members (excludes halogenated alkanes) is 1. The quantitative estimate of drug-likeness (QED) is 0.825. The molecular weight excluding hydrogens is 236 g/mol. The van der Waals surface area contributed by atoms with Crippen molar-refractivity contribution in [2.45, 2.75) is 52.5 Å². The third-order valence-electron chi connectivity index (χ3n) is 2.84. The molecule has 0 heterocycles. The second kappa shape index (κ2) is 7.29. The molecule has 106 valence electrons. The average Bonchev–Trinajstić information content (AvgIpc) is 2.35. The average molecular weight is 262 g/mol. The van der Waals surface area contributed by atoms with Crippen molar-refractivity contribution < 1.29 is 4.79 Å². The molecule has 2 N–H and O–H groups in total. The Morgan fingerprint density at radius 1 is 1.16 bits per heavy atom. The SMILES string of the molecule is CCCCc1ccc(NC(=O)CNC(C)(C)C)cc1. The lowest BCUT2D eigenvalue weighted by Crippen LogP contribution is -2.41. The topological polar surface area (TPSA) is 41.1 Å². The van der Waals surface area contributed by atoms with Gasteiger partial charge in [0.15, 0.2) is 0 Å². The molecule has 1 amide bonds. The normalized spacial score (nSPS) is 11.4. The van der Waals surface area contributed by atoms with E-state index in [1.165, 1.54) is 18.4 Å². The van der Waals surface area contributed by atoms with Crippen LogP contribution in [0.1, 0.15) is 46.1 Å². The Hall–Kier alpha value is -1.35. The standard InChI is InChI=1S/C16H26N2O/c1-5-6-7-13-8-10-14(11-9-13)18-15(19)12-17-16(2,3)4/h8-11,17H,5-7,12H2,1-4H3,(H,18,19). The molecule has 0 saturated heterocycles. The third kappa shape index (κ3) is 6.97. The van der Waals surface area contributed by atoms with E-state index in [0.29, 0.717) is 6.54 Å². The van der Waals surface area contributed by atoms with E-state index in [-0.39, 0.29) is 11.4 Å². The van der Waals surface area contributed by atoms with Gasteiger partial charge < -0.3 is 10.6 Å². The monoisotopic (exact) mass is 262 g/mol. The van der Waals surface area contributed by atoms with Crippen molar-refractivity contribution in [2.75, 3.05) is 11.9 Å². The van der Waals surface area contributed by atoms with E-state index >= 15 is 0 Å².